The molecular weight excluding hydrogens is 352 g/mol. The maximum atomic E-state index is 11.5. The lowest BCUT2D eigenvalue weighted by Gasteiger charge is -2.57. The molecule has 1 aromatic carbocycles. The summed E-state index contributed by atoms with van der Waals surface area (Å²) in [5, 5.41) is 16.3. The minimum Gasteiger partial charge on any atom is -0.392 e. The normalized spacial score (nSPS) is 30.0. The molecule has 2 fully saturated rings. The van der Waals surface area contributed by atoms with Crippen molar-refractivity contribution in [2.24, 2.45) is 16.5 Å². The Hall–Kier alpha value is -1.74. The van der Waals surface area contributed by atoms with Gasteiger partial charge in [-0.25, -0.2) is 10.1 Å². The van der Waals surface area contributed by atoms with Crippen molar-refractivity contribution < 1.29 is 13.5 Å². The molecule has 26 heavy (non-hydrogen) atoms. The van der Waals surface area contributed by atoms with E-state index >= 15 is 0 Å². The van der Waals surface area contributed by atoms with Gasteiger partial charge in [-0.15, -0.1) is 0 Å². The number of aliphatic hydroxyl groups excluding tert-OH is 1. The number of hydrogen-bond donors (Lipinski definition) is 2. The van der Waals surface area contributed by atoms with Crippen LogP contribution in [0.5, 0.6) is 0 Å². The first-order chi connectivity index (χ1) is 12.4. The summed E-state index contributed by atoms with van der Waals surface area (Å²) in [6.45, 7) is 0.778. The van der Waals surface area contributed by atoms with Crippen LogP contribution in [0.25, 0.3) is 11.3 Å². The molecule has 1 aliphatic carbocycles. The molecule has 3 aliphatic rings. The molecule has 3 N–H and O–H groups in total. The number of piperidine rings is 1. The third kappa shape index (κ3) is 2.16. The molecule has 0 bridgehead atoms. The summed E-state index contributed by atoms with van der Waals surface area (Å²) in [7, 11) is -3.64. The van der Waals surface area contributed by atoms with Crippen LogP contribution in [0, 0.1) is 11.3 Å². The molecule has 0 radical (unpaired) electrons. The van der Waals surface area contributed by atoms with Gasteiger partial charge in [0.25, 0.3) is 10.2 Å². The van der Waals surface area contributed by atoms with Crippen LogP contribution in [0.1, 0.15) is 30.9 Å². The van der Waals surface area contributed by atoms with E-state index in [0.717, 1.165) is 12.1 Å². The summed E-state index contributed by atoms with van der Waals surface area (Å²) < 4.78 is 26.6. The number of aromatic nitrogens is 2. The zero-order valence-corrected chi connectivity index (χ0v) is 15.1. The number of fused-ring (bicyclic) bond motifs is 3. The highest BCUT2D eigenvalue weighted by Gasteiger charge is 2.58. The molecule has 3 unspecified atom stereocenters. The quantitative estimate of drug-likeness (QED) is 0.822. The fraction of sp³-hybridized carbons (Fsp3) is 0.500. The highest BCUT2D eigenvalue weighted by Crippen LogP contribution is 2.59. The number of aliphatic hydroxyl groups is 1. The Kier molecular flexibility index (Phi) is 3.40. The second-order valence-corrected chi connectivity index (χ2v) is 9.38. The lowest BCUT2D eigenvalue weighted by Crippen LogP contribution is -2.60. The van der Waals surface area contributed by atoms with Gasteiger partial charge in [-0.2, -0.15) is 12.7 Å². The molecule has 2 aromatic rings. The Morgan fingerprint density at radius 3 is 2.65 bits per heavy atom. The fourth-order valence-electron chi connectivity index (χ4n) is 5.28. The predicted octanol–water partition coefficient (Wildman–Crippen LogP) is 1.12. The molecule has 3 heterocycles. The SMILES string of the molecule is NS(=O)(=O)N1CCC2(CC1)CC(C1c3ccccc3-c3cncn31)C2O. The van der Waals surface area contributed by atoms with Crippen LogP contribution < -0.4 is 5.14 Å². The van der Waals surface area contributed by atoms with Crippen molar-refractivity contribution in [2.45, 2.75) is 31.4 Å². The molecule has 1 spiro atoms. The van der Waals surface area contributed by atoms with Gasteiger partial charge in [-0.3, -0.25) is 0 Å². The number of imidazole rings is 1. The maximum Gasteiger partial charge on any atom is 0.276 e. The van der Waals surface area contributed by atoms with E-state index in [0.29, 0.717) is 25.9 Å². The molecule has 1 saturated heterocycles. The van der Waals surface area contributed by atoms with Gasteiger partial charge in [-0.05, 0) is 30.2 Å². The molecule has 3 atom stereocenters. The maximum absolute atomic E-state index is 11.5. The van der Waals surface area contributed by atoms with Gasteiger partial charge in [0.05, 0.1) is 30.4 Å². The standard InChI is InChI=1S/C18H22N4O3S/c19-26(24,25)21-7-5-18(6-8-21)9-14(17(18)23)16-13-4-2-1-3-12(13)15-10-20-11-22(15)16/h1-4,10-11,14,16-17,23H,5-9H2,(H2,19,24,25). The Bertz CT molecular complexity index is 962. The first kappa shape index (κ1) is 16.4. The summed E-state index contributed by atoms with van der Waals surface area (Å²) in [4.78, 5) is 4.29. The van der Waals surface area contributed by atoms with Gasteiger partial charge in [0.2, 0.25) is 0 Å². The van der Waals surface area contributed by atoms with Gasteiger partial charge < -0.3 is 9.67 Å². The molecule has 2 aliphatic heterocycles. The van der Waals surface area contributed by atoms with Gasteiger partial charge in [0, 0.05) is 24.6 Å². The molecule has 138 valence electrons. The van der Waals surface area contributed by atoms with Gasteiger partial charge in [0.1, 0.15) is 0 Å². The molecule has 8 heteroatoms. The van der Waals surface area contributed by atoms with Crippen molar-refractivity contribution in [3.63, 3.8) is 0 Å². The summed E-state index contributed by atoms with van der Waals surface area (Å²) in [6, 6.07) is 8.40. The Labute approximate surface area is 152 Å². The summed E-state index contributed by atoms with van der Waals surface area (Å²) >= 11 is 0. The molecule has 5 rings (SSSR count). The summed E-state index contributed by atoms with van der Waals surface area (Å²) in [5.41, 5.74) is 3.34. The largest absolute Gasteiger partial charge is 0.392 e. The second-order valence-electron chi connectivity index (χ2n) is 7.84. The first-order valence-corrected chi connectivity index (χ1v) is 10.5. The van der Waals surface area contributed by atoms with E-state index in [9.17, 15) is 13.5 Å². The van der Waals surface area contributed by atoms with Crippen LogP contribution in [0.2, 0.25) is 0 Å². The van der Waals surface area contributed by atoms with Crippen molar-refractivity contribution in [1.29, 1.82) is 0 Å². The van der Waals surface area contributed by atoms with Crippen LogP contribution in [0.4, 0.5) is 0 Å². The fourth-order valence-corrected chi connectivity index (χ4v) is 5.97. The van der Waals surface area contributed by atoms with Crippen molar-refractivity contribution in [2.75, 3.05) is 13.1 Å². The van der Waals surface area contributed by atoms with Crippen molar-refractivity contribution in [3.05, 3.63) is 42.4 Å². The van der Waals surface area contributed by atoms with E-state index in [1.165, 1.54) is 15.4 Å². The minimum absolute atomic E-state index is 0.0978. The second kappa shape index (κ2) is 5.39. The number of nitrogens with zero attached hydrogens (tertiary/aromatic N) is 3. The van der Waals surface area contributed by atoms with Crippen molar-refractivity contribution in [3.8, 4) is 11.3 Å². The first-order valence-electron chi connectivity index (χ1n) is 8.98. The van der Waals surface area contributed by atoms with Crippen LogP contribution in [-0.2, 0) is 10.2 Å². The lowest BCUT2D eigenvalue weighted by atomic mass is 9.53. The van der Waals surface area contributed by atoms with E-state index in [1.807, 2.05) is 24.7 Å². The number of hydrogen-bond acceptors (Lipinski definition) is 4. The smallest absolute Gasteiger partial charge is 0.276 e. The average Bonchev–Trinajstić information content (AvgIpc) is 3.20. The van der Waals surface area contributed by atoms with Crippen LogP contribution in [0.15, 0.2) is 36.8 Å². The lowest BCUT2D eigenvalue weighted by molar-refractivity contribution is -0.152. The molecule has 0 amide bonds. The monoisotopic (exact) mass is 374 g/mol. The van der Waals surface area contributed by atoms with E-state index in [-0.39, 0.29) is 17.4 Å². The highest BCUT2D eigenvalue weighted by molar-refractivity contribution is 7.86. The highest BCUT2D eigenvalue weighted by atomic mass is 32.2. The van der Waals surface area contributed by atoms with Crippen molar-refractivity contribution >= 4 is 10.2 Å². The van der Waals surface area contributed by atoms with Gasteiger partial charge in [-0.1, -0.05) is 24.3 Å². The minimum atomic E-state index is -3.64. The third-order valence-corrected chi connectivity index (χ3v) is 7.76. The molecular formula is C18H22N4O3S. The average molecular weight is 374 g/mol. The molecule has 7 nitrogen and oxygen atoms in total. The summed E-state index contributed by atoms with van der Waals surface area (Å²) in [5.74, 6) is 0.118. The topological polar surface area (TPSA) is 101 Å². The molecule has 1 saturated carbocycles. The Morgan fingerprint density at radius 2 is 1.96 bits per heavy atom. The number of nitrogens with two attached hydrogens (primary N) is 1. The summed E-state index contributed by atoms with van der Waals surface area (Å²) in [6.07, 6.45) is 5.49. The van der Waals surface area contributed by atoms with Crippen LogP contribution in [-0.4, -0.2) is 46.6 Å². The zero-order valence-electron chi connectivity index (χ0n) is 14.3. The molecule has 1 aromatic heterocycles. The van der Waals surface area contributed by atoms with E-state index < -0.39 is 16.3 Å². The van der Waals surface area contributed by atoms with Crippen LogP contribution >= 0.6 is 0 Å². The van der Waals surface area contributed by atoms with E-state index in [4.69, 9.17) is 5.14 Å². The predicted molar refractivity (Wildman–Crippen MR) is 96.3 cm³/mol. The van der Waals surface area contributed by atoms with Gasteiger partial charge >= 0.3 is 0 Å². The Balaban J connectivity index is 1.40. The Morgan fingerprint density at radius 1 is 1.23 bits per heavy atom. The van der Waals surface area contributed by atoms with E-state index in [2.05, 4.69) is 21.7 Å². The zero-order chi connectivity index (χ0) is 18.1. The third-order valence-electron chi connectivity index (χ3n) is 6.68. The number of rotatable bonds is 2. The van der Waals surface area contributed by atoms with Gasteiger partial charge in [0.15, 0.2) is 0 Å². The van der Waals surface area contributed by atoms with Crippen molar-refractivity contribution in [1.82, 2.24) is 13.9 Å². The number of benzene rings is 1. The van der Waals surface area contributed by atoms with Crippen LogP contribution in [0.3, 0.4) is 0 Å². The van der Waals surface area contributed by atoms with E-state index in [1.54, 1.807) is 0 Å².